The molecule has 78 valence electrons. The summed E-state index contributed by atoms with van der Waals surface area (Å²) >= 11 is 0. The van der Waals surface area contributed by atoms with Crippen molar-refractivity contribution < 1.29 is 4.74 Å². The second kappa shape index (κ2) is 5.35. The third kappa shape index (κ3) is 2.71. The summed E-state index contributed by atoms with van der Waals surface area (Å²) in [5, 5.41) is 0. The standard InChI is InChI=1S/C11H15NO.ClH/c12-10-6-7-13-11(8-10)9-4-2-1-3-5-9;/h1-5,10-11H,6-8,12H2;1H. The molecule has 1 aliphatic rings. The molecule has 0 bridgehead atoms. The molecule has 14 heavy (non-hydrogen) atoms. The summed E-state index contributed by atoms with van der Waals surface area (Å²) in [5.74, 6) is 0. The molecule has 0 spiro atoms. The van der Waals surface area contributed by atoms with Crippen molar-refractivity contribution in [3.05, 3.63) is 35.9 Å². The highest BCUT2D eigenvalue weighted by Gasteiger charge is 2.20. The van der Waals surface area contributed by atoms with Crippen molar-refractivity contribution in [2.24, 2.45) is 5.73 Å². The number of nitrogens with two attached hydrogens (primary N) is 1. The topological polar surface area (TPSA) is 35.2 Å². The van der Waals surface area contributed by atoms with E-state index in [2.05, 4.69) is 12.1 Å². The Bertz CT molecular complexity index is 265. The van der Waals surface area contributed by atoms with Crippen LogP contribution < -0.4 is 5.73 Å². The van der Waals surface area contributed by atoms with E-state index < -0.39 is 0 Å². The van der Waals surface area contributed by atoms with Crippen LogP contribution in [0.5, 0.6) is 0 Å². The zero-order valence-corrected chi connectivity index (χ0v) is 8.87. The van der Waals surface area contributed by atoms with Gasteiger partial charge >= 0.3 is 0 Å². The Morgan fingerprint density at radius 1 is 1.21 bits per heavy atom. The molecular formula is C11H16ClNO. The van der Waals surface area contributed by atoms with Gasteiger partial charge in [-0.15, -0.1) is 12.4 Å². The molecule has 1 aromatic rings. The Hall–Kier alpha value is -0.570. The van der Waals surface area contributed by atoms with Gasteiger partial charge in [-0.3, -0.25) is 0 Å². The van der Waals surface area contributed by atoms with Crippen LogP contribution >= 0.6 is 12.4 Å². The third-order valence-electron chi connectivity index (χ3n) is 2.50. The van der Waals surface area contributed by atoms with Crippen molar-refractivity contribution in [1.82, 2.24) is 0 Å². The van der Waals surface area contributed by atoms with Gasteiger partial charge in [-0.25, -0.2) is 0 Å². The lowest BCUT2D eigenvalue weighted by Crippen LogP contribution is -2.30. The Kier molecular flexibility index (Phi) is 4.39. The first-order chi connectivity index (χ1) is 6.36. The maximum Gasteiger partial charge on any atom is 0.0839 e. The normalized spacial score (nSPS) is 26.6. The molecule has 0 aliphatic carbocycles. The fraction of sp³-hybridized carbons (Fsp3) is 0.455. The lowest BCUT2D eigenvalue weighted by Gasteiger charge is -2.27. The maximum absolute atomic E-state index is 5.88. The average molecular weight is 214 g/mol. The number of ether oxygens (including phenoxy) is 1. The van der Waals surface area contributed by atoms with E-state index in [1.54, 1.807) is 0 Å². The number of rotatable bonds is 1. The van der Waals surface area contributed by atoms with Crippen LogP contribution in [0.3, 0.4) is 0 Å². The molecule has 2 rings (SSSR count). The van der Waals surface area contributed by atoms with Gasteiger partial charge in [0, 0.05) is 12.6 Å². The first-order valence-corrected chi connectivity index (χ1v) is 4.78. The summed E-state index contributed by atoms with van der Waals surface area (Å²) in [6.07, 6.45) is 2.15. The van der Waals surface area contributed by atoms with Crippen LogP contribution in [-0.4, -0.2) is 12.6 Å². The van der Waals surface area contributed by atoms with Gasteiger partial charge in [-0.1, -0.05) is 30.3 Å². The van der Waals surface area contributed by atoms with E-state index in [1.807, 2.05) is 18.2 Å². The van der Waals surface area contributed by atoms with Crippen LogP contribution in [0.25, 0.3) is 0 Å². The van der Waals surface area contributed by atoms with Gasteiger partial charge < -0.3 is 10.5 Å². The minimum atomic E-state index is 0. The van der Waals surface area contributed by atoms with E-state index in [-0.39, 0.29) is 18.5 Å². The molecule has 0 radical (unpaired) electrons. The minimum Gasteiger partial charge on any atom is -0.373 e. The van der Waals surface area contributed by atoms with E-state index in [0.717, 1.165) is 19.4 Å². The Morgan fingerprint density at radius 3 is 2.57 bits per heavy atom. The van der Waals surface area contributed by atoms with Crippen LogP contribution in [-0.2, 0) is 4.74 Å². The summed E-state index contributed by atoms with van der Waals surface area (Å²) < 4.78 is 5.65. The second-order valence-corrected chi connectivity index (χ2v) is 3.55. The maximum atomic E-state index is 5.88. The van der Waals surface area contributed by atoms with Crippen LogP contribution in [0.2, 0.25) is 0 Å². The third-order valence-corrected chi connectivity index (χ3v) is 2.50. The molecule has 1 aromatic carbocycles. The van der Waals surface area contributed by atoms with E-state index in [9.17, 15) is 0 Å². The van der Waals surface area contributed by atoms with Crippen LogP contribution in [0, 0.1) is 0 Å². The van der Waals surface area contributed by atoms with Gasteiger partial charge in [0.25, 0.3) is 0 Å². The van der Waals surface area contributed by atoms with Gasteiger partial charge in [0.1, 0.15) is 0 Å². The van der Waals surface area contributed by atoms with Crippen LogP contribution in [0.15, 0.2) is 30.3 Å². The molecule has 1 aliphatic heterocycles. The zero-order valence-electron chi connectivity index (χ0n) is 8.06. The predicted octanol–water partition coefficient (Wildman–Crippen LogP) is 2.29. The SMILES string of the molecule is Cl.NC1CCOC(c2ccccc2)C1. The molecule has 3 heteroatoms. The lowest BCUT2D eigenvalue weighted by atomic mass is 9.98. The molecule has 2 unspecified atom stereocenters. The van der Waals surface area contributed by atoms with Crippen molar-refractivity contribution in [2.75, 3.05) is 6.61 Å². The fourth-order valence-corrected chi connectivity index (χ4v) is 1.72. The number of hydrogen-bond acceptors (Lipinski definition) is 2. The van der Waals surface area contributed by atoms with Gasteiger partial charge in [-0.05, 0) is 18.4 Å². The highest BCUT2D eigenvalue weighted by atomic mass is 35.5. The number of halogens is 1. The fourth-order valence-electron chi connectivity index (χ4n) is 1.72. The second-order valence-electron chi connectivity index (χ2n) is 3.55. The van der Waals surface area contributed by atoms with Gasteiger partial charge in [0.05, 0.1) is 6.10 Å². The minimum absolute atomic E-state index is 0. The molecule has 2 nitrogen and oxygen atoms in total. The predicted molar refractivity (Wildman–Crippen MR) is 59.6 cm³/mol. The average Bonchev–Trinajstić information content (AvgIpc) is 2.19. The smallest absolute Gasteiger partial charge is 0.0839 e. The Labute approximate surface area is 90.9 Å². The highest BCUT2D eigenvalue weighted by molar-refractivity contribution is 5.85. The molecule has 0 aromatic heterocycles. The zero-order chi connectivity index (χ0) is 9.10. The number of hydrogen-bond donors (Lipinski definition) is 1. The quantitative estimate of drug-likeness (QED) is 0.777. The molecule has 2 N–H and O–H groups in total. The molecular weight excluding hydrogens is 198 g/mol. The summed E-state index contributed by atoms with van der Waals surface area (Å²) in [7, 11) is 0. The largest absolute Gasteiger partial charge is 0.373 e. The summed E-state index contributed by atoms with van der Waals surface area (Å²) in [4.78, 5) is 0. The van der Waals surface area contributed by atoms with Crippen molar-refractivity contribution in [3.8, 4) is 0 Å². The van der Waals surface area contributed by atoms with Gasteiger partial charge in [0.2, 0.25) is 0 Å². The van der Waals surface area contributed by atoms with Crippen LogP contribution in [0.1, 0.15) is 24.5 Å². The summed E-state index contributed by atoms with van der Waals surface area (Å²) in [6, 6.07) is 10.6. The molecule has 2 atom stereocenters. The lowest BCUT2D eigenvalue weighted by molar-refractivity contribution is 0.00668. The van der Waals surface area contributed by atoms with Crippen molar-refractivity contribution >= 4 is 12.4 Å². The molecule has 0 amide bonds. The monoisotopic (exact) mass is 213 g/mol. The van der Waals surface area contributed by atoms with E-state index >= 15 is 0 Å². The van der Waals surface area contributed by atoms with E-state index in [0.29, 0.717) is 6.04 Å². The van der Waals surface area contributed by atoms with Gasteiger partial charge in [-0.2, -0.15) is 0 Å². The van der Waals surface area contributed by atoms with Crippen molar-refractivity contribution in [3.63, 3.8) is 0 Å². The summed E-state index contributed by atoms with van der Waals surface area (Å²) in [5.41, 5.74) is 7.13. The Morgan fingerprint density at radius 2 is 1.93 bits per heavy atom. The molecule has 1 fully saturated rings. The Balaban J connectivity index is 0.000000980. The molecule has 0 saturated carbocycles. The van der Waals surface area contributed by atoms with E-state index in [4.69, 9.17) is 10.5 Å². The number of benzene rings is 1. The van der Waals surface area contributed by atoms with Crippen molar-refractivity contribution in [2.45, 2.75) is 25.0 Å². The first-order valence-electron chi connectivity index (χ1n) is 4.78. The van der Waals surface area contributed by atoms with Crippen LogP contribution in [0.4, 0.5) is 0 Å². The highest BCUT2D eigenvalue weighted by Crippen LogP contribution is 2.26. The van der Waals surface area contributed by atoms with Gasteiger partial charge in [0.15, 0.2) is 0 Å². The van der Waals surface area contributed by atoms with Crippen molar-refractivity contribution in [1.29, 1.82) is 0 Å². The first kappa shape index (κ1) is 11.5. The van der Waals surface area contributed by atoms with E-state index in [1.165, 1.54) is 5.56 Å². The molecule has 1 heterocycles. The molecule has 1 saturated heterocycles. The summed E-state index contributed by atoms with van der Waals surface area (Å²) in [6.45, 7) is 0.792.